The number of aromatic nitrogens is 2. The van der Waals surface area contributed by atoms with Gasteiger partial charge in [0, 0.05) is 29.9 Å². The molecule has 0 saturated carbocycles. The lowest BCUT2D eigenvalue weighted by Crippen LogP contribution is -2.39. The second-order valence-corrected chi connectivity index (χ2v) is 8.91. The van der Waals surface area contributed by atoms with E-state index in [0.717, 1.165) is 11.3 Å². The number of hydrogen-bond donors (Lipinski definition) is 3. The minimum atomic E-state index is -0.159. The lowest BCUT2D eigenvalue weighted by molar-refractivity contribution is -0.101. The van der Waals surface area contributed by atoms with Crippen molar-refractivity contribution in [2.24, 2.45) is 0 Å². The molecule has 0 bridgehead atoms. The average molecular weight is 499 g/mol. The lowest BCUT2D eigenvalue weighted by atomic mass is 10.0. The summed E-state index contributed by atoms with van der Waals surface area (Å²) in [6, 6.07) is 7.28. The fraction of sp³-hybridized carbons (Fsp3) is 0.360. The molecular weight excluding hydrogens is 472 g/mol. The van der Waals surface area contributed by atoms with E-state index >= 15 is 0 Å². The van der Waals surface area contributed by atoms with Crippen molar-refractivity contribution in [1.29, 1.82) is 0 Å². The van der Waals surface area contributed by atoms with Gasteiger partial charge >= 0.3 is 0 Å². The van der Waals surface area contributed by atoms with Crippen molar-refractivity contribution in [1.82, 2.24) is 15.3 Å². The lowest BCUT2D eigenvalue weighted by Gasteiger charge is -2.23. The molecule has 3 aromatic rings. The molecule has 184 valence electrons. The predicted octanol–water partition coefficient (Wildman–Crippen LogP) is 3.95. The van der Waals surface area contributed by atoms with Crippen LogP contribution in [0, 0.1) is 0 Å². The molecule has 0 spiro atoms. The third-order valence-electron chi connectivity index (χ3n) is 5.99. The van der Waals surface area contributed by atoms with Crippen LogP contribution >= 0.6 is 11.6 Å². The van der Waals surface area contributed by atoms with Gasteiger partial charge in [-0.15, -0.1) is 0 Å². The Kier molecular flexibility index (Phi) is 6.81. The summed E-state index contributed by atoms with van der Waals surface area (Å²) >= 11 is 6.36. The van der Waals surface area contributed by atoms with E-state index in [4.69, 9.17) is 30.5 Å². The fourth-order valence-corrected chi connectivity index (χ4v) is 4.65. The number of para-hydroxylation sites is 1. The summed E-state index contributed by atoms with van der Waals surface area (Å²) < 4.78 is 22.8. The van der Waals surface area contributed by atoms with Crippen LogP contribution in [0.2, 0.25) is 5.02 Å². The number of anilines is 2. The highest BCUT2D eigenvalue weighted by atomic mass is 35.5. The van der Waals surface area contributed by atoms with Gasteiger partial charge in [0.1, 0.15) is 18.5 Å². The minimum absolute atomic E-state index is 0.00617. The van der Waals surface area contributed by atoms with Gasteiger partial charge in [-0.3, -0.25) is 9.78 Å². The van der Waals surface area contributed by atoms with Crippen LogP contribution in [0.3, 0.4) is 0 Å². The number of halogens is 1. The van der Waals surface area contributed by atoms with Crippen LogP contribution in [0.1, 0.15) is 23.0 Å². The van der Waals surface area contributed by atoms with Gasteiger partial charge in [0.15, 0.2) is 5.75 Å². The molecule has 2 atom stereocenters. The number of nitrogens with one attached hydrogen (secondary N) is 3. The normalized spacial score (nSPS) is 19.6. The molecule has 2 aromatic heterocycles. The van der Waals surface area contributed by atoms with Crippen molar-refractivity contribution in [3.63, 3.8) is 0 Å². The minimum Gasteiger partial charge on any atom is -0.493 e. The molecule has 2 aliphatic rings. The molecular formula is C25H27ClN4O5. The molecule has 9 nitrogen and oxygen atoms in total. The molecule has 5 rings (SSSR count). The highest BCUT2D eigenvalue weighted by Gasteiger charge is 2.31. The number of H-pyrrole nitrogens is 1. The van der Waals surface area contributed by atoms with Gasteiger partial charge in [0.25, 0.3) is 5.91 Å². The van der Waals surface area contributed by atoms with Crippen molar-refractivity contribution in [2.45, 2.75) is 25.5 Å². The first-order chi connectivity index (χ1) is 17.0. The molecule has 0 aliphatic carbocycles. The quantitative estimate of drug-likeness (QED) is 0.452. The molecule has 1 saturated heterocycles. The van der Waals surface area contributed by atoms with E-state index < -0.39 is 0 Å². The molecule has 1 aromatic carbocycles. The largest absolute Gasteiger partial charge is 0.493 e. The molecule has 1 amide bonds. The number of nitrogens with zero attached hydrogens (tertiary/aromatic N) is 1. The maximum Gasteiger partial charge on any atom is 0.255 e. The van der Waals surface area contributed by atoms with Crippen molar-refractivity contribution in [3.8, 4) is 22.8 Å². The van der Waals surface area contributed by atoms with Crippen LogP contribution in [0.15, 0.2) is 36.7 Å². The Morgan fingerprint density at radius 3 is 2.97 bits per heavy atom. The van der Waals surface area contributed by atoms with Crippen molar-refractivity contribution in [2.75, 3.05) is 38.9 Å². The first kappa shape index (κ1) is 23.5. The maximum absolute atomic E-state index is 13.1. The summed E-state index contributed by atoms with van der Waals surface area (Å²) in [5.41, 5.74) is 4.10. The van der Waals surface area contributed by atoms with Gasteiger partial charge in [-0.05, 0) is 25.1 Å². The van der Waals surface area contributed by atoms with Crippen LogP contribution in [0.4, 0.5) is 11.4 Å². The summed E-state index contributed by atoms with van der Waals surface area (Å²) in [4.78, 5) is 20.8. The smallest absolute Gasteiger partial charge is 0.255 e. The van der Waals surface area contributed by atoms with Crippen molar-refractivity contribution >= 4 is 28.9 Å². The van der Waals surface area contributed by atoms with Crippen LogP contribution in [-0.4, -0.2) is 61.6 Å². The van der Waals surface area contributed by atoms with Gasteiger partial charge in [-0.2, -0.15) is 0 Å². The Balaban J connectivity index is 1.57. The molecule has 4 heterocycles. The first-order valence-corrected chi connectivity index (χ1v) is 11.8. The van der Waals surface area contributed by atoms with E-state index in [0.29, 0.717) is 72.0 Å². The Hall–Kier alpha value is -3.27. The third kappa shape index (κ3) is 4.80. The number of aromatic amines is 1. The second-order valence-electron chi connectivity index (χ2n) is 8.50. The monoisotopic (exact) mass is 498 g/mol. The number of amides is 1. The van der Waals surface area contributed by atoms with E-state index in [9.17, 15) is 4.79 Å². The van der Waals surface area contributed by atoms with E-state index in [2.05, 4.69) is 20.6 Å². The Morgan fingerprint density at radius 2 is 2.17 bits per heavy atom. The van der Waals surface area contributed by atoms with Crippen LogP contribution in [0.5, 0.6) is 11.5 Å². The van der Waals surface area contributed by atoms with Gasteiger partial charge in [-0.25, -0.2) is 0 Å². The number of ether oxygens (including phenoxy) is 4. The Morgan fingerprint density at radius 1 is 1.29 bits per heavy atom. The van der Waals surface area contributed by atoms with E-state index in [1.165, 1.54) is 0 Å². The van der Waals surface area contributed by atoms with E-state index in [1.54, 1.807) is 25.6 Å². The summed E-state index contributed by atoms with van der Waals surface area (Å²) in [6.45, 7) is 3.90. The number of carbonyl (C=O) groups is 1. The number of hydrogen-bond acceptors (Lipinski definition) is 7. The van der Waals surface area contributed by atoms with Crippen molar-refractivity contribution < 1.29 is 23.7 Å². The topological polar surface area (TPSA) is 107 Å². The highest BCUT2D eigenvalue weighted by molar-refractivity contribution is 6.32. The number of benzene rings is 1. The summed E-state index contributed by atoms with van der Waals surface area (Å²) in [6.07, 6.45) is 3.85. The number of carbonyl (C=O) groups excluding carboxylic acids is 1. The standard InChI is InChI=1S/C25H27ClN4O5/c1-14-10-19-21(25(31)28-14)23(29-18-5-3-4-17(26)24(18)32-2)22(30-19)16-6-7-27-11-20(16)35-13-15-12-33-8-9-34-15/h3-7,11,14-15,29-30H,8-10,12-13H2,1-2H3,(H,28,31)/t14-,15-/m1/s1. The molecule has 0 radical (unpaired) electrons. The maximum atomic E-state index is 13.1. The zero-order chi connectivity index (χ0) is 24.4. The van der Waals surface area contributed by atoms with Crippen LogP contribution < -0.4 is 20.1 Å². The van der Waals surface area contributed by atoms with Crippen LogP contribution in [0.25, 0.3) is 11.3 Å². The van der Waals surface area contributed by atoms with E-state index in [1.807, 2.05) is 25.1 Å². The SMILES string of the molecule is COc1c(Cl)cccc1Nc1c(-c2ccncc2OC[C@H]2COCCO2)[nH]c2c1C(=O)N[C@H](C)C2. The predicted molar refractivity (Wildman–Crippen MR) is 132 cm³/mol. The summed E-state index contributed by atoms with van der Waals surface area (Å²) in [5.74, 6) is 0.893. The Labute approximate surface area is 208 Å². The number of rotatable bonds is 7. The zero-order valence-electron chi connectivity index (χ0n) is 19.5. The zero-order valence-corrected chi connectivity index (χ0v) is 20.3. The molecule has 0 unspecified atom stereocenters. The summed E-state index contributed by atoms with van der Waals surface area (Å²) in [7, 11) is 1.56. The molecule has 2 aliphatic heterocycles. The summed E-state index contributed by atoms with van der Waals surface area (Å²) in [5, 5.41) is 6.88. The Bertz CT molecular complexity index is 1220. The fourth-order valence-electron chi connectivity index (χ4n) is 4.40. The first-order valence-electron chi connectivity index (χ1n) is 11.5. The average Bonchev–Trinajstić information content (AvgIpc) is 3.21. The van der Waals surface area contributed by atoms with E-state index in [-0.39, 0.29) is 18.1 Å². The van der Waals surface area contributed by atoms with Crippen molar-refractivity contribution in [3.05, 3.63) is 52.9 Å². The highest BCUT2D eigenvalue weighted by Crippen LogP contribution is 2.43. The van der Waals surface area contributed by atoms with Gasteiger partial charge in [-0.1, -0.05) is 17.7 Å². The molecule has 10 heteroatoms. The van der Waals surface area contributed by atoms with Gasteiger partial charge in [0.2, 0.25) is 0 Å². The van der Waals surface area contributed by atoms with Gasteiger partial charge < -0.3 is 34.6 Å². The molecule has 35 heavy (non-hydrogen) atoms. The second kappa shape index (κ2) is 10.2. The van der Waals surface area contributed by atoms with Gasteiger partial charge in [0.05, 0.1) is 60.8 Å². The molecule has 3 N–H and O–H groups in total. The third-order valence-corrected chi connectivity index (χ3v) is 6.28. The van der Waals surface area contributed by atoms with Crippen LogP contribution in [-0.2, 0) is 15.9 Å². The number of pyridine rings is 1. The number of fused-ring (bicyclic) bond motifs is 1. The number of methoxy groups -OCH3 is 1. The molecule has 1 fully saturated rings.